The van der Waals surface area contributed by atoms with Crippen molar-refractivity contribution in [2.45, 2.75) is 19.9 Å². The quantitative estimate of drug-likeness (QED) is 0.812. The molecule has 0 amide bonds. The Morgan fingerprint density at radius 2 is 1.69 bits per heavy atom. The first kappa shape index (κ1) is 10.7. The highest BCUT2D eigenvalue weighted by atomic mass is 14.9. The largest absolute Gasteiger partial charge is 0.381 e. The van der Waals surface area contributed by atoms with Crippen LogP contribution in [0.2, 0.25) is 0 Å². The second-order valence-electron chi connectivity index (χ2n) is 3.76. The molecule has 2 aromatic carbocycles. The number of nitrogens with one attached hydrogen (secondary N) is 1. The van der Waals surface area contributed by atoms with Crippen LogP contribution in [-0.4, -0.2) is 0 Å². The summed E-state index contributed by atoms with van der Waals surface area (Å²) in [6.07, 6.45) is 1.08. The summed E-state index contributed by atoms with van der Waals surface area (Å²) in [6.45, 7) is 3.07. The zero-order valence-corrected chi connectivity index (χ0v) is 9.53. The summed E-state index contributed by atoms with van der Waals surface area (Å²) >= 11 is 0. The van der Waals surface area contributed by atoms with E-state index in [0.717, 1.165) is 18.7 Å². The van der Waals surface area contributed by atoms with E-state index in [1.54, 1.807) is 0 Å². The zero-order chi connectivity index (χ0) is 11.2. The molecule has 0 bridgehead atoms. The lowest BCUT2D eigenvalue weighted by molar-refractivity contribution is 1.04. The highest BCUT2D eigenvalue weighted by molar-refractivity contribution is 5.43. The zero-order valence-electron chi connectivity index (χ0n) is 9.53. The van der Waals surface area contributed by atoms with Gasteiger partial charge in [0, 0.05) is 12.2 Å². The third-order valence-corrected chi connectivity index (χ3v) is 2.70. The lowest BCUT2D eigenvalue weighted by Crippen LogP contribution is -2.02. The van der Waals surface area contributed by atoms with Crippen LogP contribution in [-0.2, 0) is 13.0 Å². The van der Waals surface area contributed by atoms with E-state index in [0.29, 0.717) is 0 Å². The van der Waals surface area contributed by atoms with Gasteiger partial charge in [-0.2, -0.15) is 0 Å². The van der Waals surface area contributed by atoms with Gasteiger partial charge in [0.15, 0.2) is 0 Å². The first-order chi connectivity index (χ1) is 7.90. The van der Waals surface area contributed by atoms with Gasteiger partial charge in [0.25, 0.3) is 0 Å². The van der Waals surface area contributed by atoms with E-state index < -0.39 is 0 Å². The Labute approximate surface area is 97.1 Å². The van der Waals surface area contributed by atoms with E-state index in [2.05, 4.69) is 42.6 Å². The molecule has 1 nitrogen and oxygen atoms in total. The molecule has 0 saturated heterocycles. The molecule has 0 unspecified atom stereocenters. The third kappa shape index (κ3) is 2.63. The van der Waals surface area contributed by atoms with Gasteiger partial charge in [-0.15, -0.1) is 0 Å². The molecule has 0 saturated carbocycles. The summed E-state index contributed by atoms with van der Waals surface area (Å²) in [5.74, 6) is 0. The molecule has 0 aromatic heterocycles. The van der Waals surface area contributed by atoms with Crippen molar-refractivity contribution in [3.63, 3.8) is 0 Å². The van der Waals surface area contributed by atoms with Gasteiger partial charge in [-0.3, -0.25) is 0 Å². The Bertz CT molecular complexity index is 434. The van der Waals surface area contributed by atoms with E-state index in [9.17, 15) is 0 Å². The molecule has 0 heterocycles. The van der Waals surface area contributed by atoms with Crippen LogP contribution in [0, 0.1) is 6.07 Å². The Morgan fingerprint density at radius 3 is 2.38 bits per heavy atom. The maximum absolute atomic E-state index is 3.42. The van der Waals surface area contributed by atoms with Crippen LogP contribution in [0.25, 0.3) is 0 Å². The molecular weight excluding hydrogens is 194 g/mol. The molecule has 0 atom stereocenters. The number of anilines is 1. The summed E-state index contributed by atoms with van der Waals surface area (Å²) in [6, 6.07) is 19.5. The van der Waals surface area contributed by atoms with Gasteiger partial charge in [-0.05, 0) is 35.7 Å². The van der Waals surface area contributed by atoms with Crippen molar-refractivity contribution in [2.75, 3.05) is 5.32 Å². The summed E-state index contributed by atoms with van der Waals surface area (Å²) in [5.41, 5.74) is 3.93. The second-order valence-corrected chi connectivity index (χ2v) is 3.76. The molecule has 1 radical (unpaired) electrons. The van der Waals surface area contributed by atoms with Crippen LogP contribution >= 0.6 is 0 Å². The molecule has 0 aliphatic heterocycles. The summed E-state index contributed by atoms with van der Waals surface area (Å²) in [5, 5.41) is 3.42. The van der Waals surface area contributed by atoms with Gasteiger partial charge in [-0.25, -0.2) is 0 Å². The molecule has 81 valence electrons. The minimum Gasteiger partial charge on any atom is -0.381 e. The topological polar surface area (TPSA) is 12.0 Å². The van der Waals surface area contributed by atoms with Gasteiger partial charge in [-0.1, -0.05) is 43.3 Å². The Morgan fingerprint density at radius 1 is 1.00 bits per heavy atom. The number of aryl methyl sites for hydroxylation is 1. The number of benzene rings is 2. The minimum absolute atomic E-state index is 0.883. The predicted octanol–water partition coefficient (Wildman–Crippen LogP) is 3.66. The summed E-state index contributed by atoms with van der Waals surface area (Å²) in [7, 11) is 0. The number of hydrogen-bond donors (Lipinski definition) is 1. The minimum atomic E-state index is 0.883. The Hall–Kier alpha value is -1.76. The van der Waals surface area contributed by atoms with Crippen LogP contribution in [0.1, 0.15) is 18.1 Å². The molecule has 2 aromatic rings. The molecule has 2 rings (SSSR count). The normalized spacial score (nSPS) is 10.1. The van der Waals surface area contributed by atoms with Gasteiger partial charge in [0.1, 0.15) is 0 Å². The van der Waals surface area contributed by atoms with Crippen LogP contribution in [0.3, 0.4) is 0 Å². The van der Waals surface area contributed by atoms with Crippen molar-refractivity contribution in [3.8, 4) is 0 Å². The maximum atomic E-state index is 3.42. The summed E-state index contributed by atoms with van der Waals surface area (Å²) in [4.78, 5) is 0. The first-order valence-electron chi connectivity index (χ1n) is 5.67. The molecule has 0 aliphatic rings. The fourth-order valence-corrected chi connectivity index (χ4v) is 1.78. The van der Waals surface area contributed by atoms with Gasteiger partial charge in [0.05, 0.1) is 0 Å². The van der Waals surface area contributed by atoms with E-state index >= 15 is 0 Å². The van der Waals surface area contributed by atoms with Gasteiger partial charge < -0.3 is 5.32 Å². The van der Waals surface area contributed by atoms with Gasteiger partial charge in [0.2, 0.25) is 0 Å². The van der Waals surface area contributed by atoms with Crippen molar-refractivity contribution in [2.24, 2.45) is 0 Å². The van der Waals surface area contributed by atoms with E-state index in [1.807, 2.05) is 24.3 Å². The van der Waals surface area contributed by atoms with Crippen LogP contribution in [0.15, 0.2) is 48.5 Å². The molecular formula is C15H16N. The lowest BCUT2D eigenvalue weighted by atomic mass is 10.1. The van der Waals surface area contributed by atoms with Crippen molar-refractivity contribution in [3.05, 3.63) is 65.7 Å². The Balaban J connectivity index is 2.05. The smallest absolute Gasteiger partial charge is 0.0403 e. The summed E-state index contributed by atoms with van der Waals surface area (Å²) < 4.78 is 0. The van der Waals surface area contributed by atoms with Gasteiger partial charge >= 0.3 is 0 Å². The van der Waals surface area contributed by atoms with Crippen molar-refractivity contribution >= 4 is 5.69 Å². The average Bonchev–Trinajstić information content (AvgIpc) is 2.38. The standard InChI is InChI=1S/C15H16N/c1-2-13-8-6-7-9-14(13)12-16-15-10-4-3-5-11-15/h4-11,16H,2,12H2,1H3. The number of hydrogen-bond acceptors (Lipinski definition) is 1. The van der Waals surface area contributed by atoms with E-state index in [1.165, 1.54) is 11.1 Å². The third-order valence-electron chi connectivity index (χ3n) is 2.70. The van der Waals surface area contributed by atoms with E-state index in [-0.39, 0.29) is 0 Å². The maximum Gasteiger partial charge on any atom is 0.0403 e. The fourth-order valence-electron chi connectivity index (χ4n) is 1.78. The predicted molar refractivity (Wildman–Crippen MR) is 68.4 cm³/mol. The fraction of sp³-hybridized carbons (Fsp3) is 0.200. The van der Waals surface area contributed by atoms with Crippen molar-refractivity contribution in [1.82, 2.24) is 0 Å². The number of rotatable bonds is 4. The Kier molecular flexibility index (Phi) is 3.60. The van der Waals surface area contributed by atoms with Crippen molar-refractivity contribution < 1.29 is 0 Å². The molecule has 1 N–H and O–H groups in total. The highest BCUT2D eigenvalue weighted by Crippen LogP contribution is 2.12. The van der Waals surface area contributed by atoms with Crippen LogP contribution < -0.4 is 5.32 Å². The molecule has 16 heavy (non-hydrogen) atoms. The lowest BCUT2D eigenvalue weighted by Gasteiger charge is -2.09. The highest BCUT2D eigenvalue weighted by Gasteiger charge is 1.98. The molecule has 0 spiro atoms. The van der Waals surface area contributed by atoms with E-state index in [4.69, 9.17) is 0 Å². The van der Waals surface area contributed by atoms with Crippen molar-refractivity contribution in [1.29, 1.82) is 0 Å². The SMILES string of the molecule is CCc1ccccc1CNc1cc[c]cc1. The average molecular weight is 210 g/mol. The monoisotopic (exact) mass is 210 g/mol. The molecule has 0 aliphatic carbocycles. The second kappa shape index (κ2) is 5.36. The molecule has 1 heteroatoms. The first-order valence-corrected chi connectivity index (χ1v) is 5.67. The molecule has 0 fully saturated rings. The van der Waals surface area contributed by atoms with Crippen LogP contribution in [0.4, 0.5) is 5.69 Å². The van der Waals surface area contributed by atoms with Crippen LogP contribution in [0.5, 0.6) is 0 Å².